The average Bonchev–Trinajstić information content (AvgIpc) is 3.25. The molecule has 0 atom stereocenters. The molecule has 5 aromatic rings. The minimum absolute atomic E-state index is 0.0745. The normalized spacial score (nSPS) is 11.1. The van der Waals surface area contributed by atoms with Crippen LogP contribution in [0.25, 0.3) is 27.0 Å². The summed E-state index contributed by atoms with van der Waals surface area (Å²) in [6.07, 6.45) is 0. The highest BCUT2D eigenvalue weighted by molar-refractivity contribution is 7.98. The fraction of sp³-hybridized carbons (Fsp3) is 0.138. The van der Waals surface area contributed by atoms with E-state index in [1.807, 2.05) is 79.7 Å². The summed E-state index contributed by atoms with van der Waals surface area (Å²) in [5, 5.41) is 1.28. The first kappa shape index (κ1) is 24.0. The average molecular weight is 513 g/mol. The number of thioether (sulfide) groups is 1. The van der Waals surface area contributed by atoms with Crippen LogP contribution in [0.3, 0.4) is 0 Å². The van der Waals surface area contributed by atoms with E-state index < -0.39 is 0 Å². The summed E-state index contributed by atoms with van der Waals surface area (Å²) in [4.78, 5) is 32.8. The molecule has 3 aromatic carbocycles. The minimum atomic E-state index is -0.330. The van der Waals surface area contributed by atoms with E-state index in [-0.39, 0.29) is 11.5 Å². The summed E-state index contributed by atoms with van der Waals surface area (Å²) in [5.74, 6) is 0.271. The summed E-state index contributed by atoms with van der Waals surface area (Å²) in [5.41, 5.74) is 4.21. The third-order valence-electron chi connectivity index (χ3n) is 5.78. The van der Waals surface area contributed by atoms with Crippen LogP contribution in [0.1, 0.15) is 27.7 Å². The maximum absolute atomic E-state index is 14.0. The molecular weight excluding hydrogens is 488 g/mol. The largest absolute Gasteiger partial charge is 0.462 e. The molecule has 5 rings (SSSR count). The molecule has 0 spiro atoms. The number of fused-ring (bicyclic) bond motifs is 1. The molecule has 0 unspecified atom stereocenters. The van der Waals surface area contributed by atoms with Crippen LogP contribution in [0.4, 0.5) is 0 Å². The van der Waals surface area contributed by atoms with Crippen LogP contribution in [0.15, 0.2) is 94.9 Å². The van der Waals surface area contributed by atoms with Gasteiger partial charge in [0, 0.05) is 16.2 Å². The first-order valence-corrected chi connectivity index (χ1v) is 13.4. The zero-order valence-electron chi connectivity index (χ0n) is 19.9. The van der Waals surface area contributed by atoms with E-state index in [1.165, 1.54) is 11.8 Å². The number of para-hydroxylation sites is 1. The van der Waals surface area contributed by atoms with Gasteiger partial charge in [0.05, 0.1) is 23.2 Å². The monoisotopic (exact) mass is 512 g/mol. The Morgan fingerprint density at radius 1 is 0.972 bits per heavy atom. The Hall–Kier alpha value is -3.68. The Morgan fingerprint density at radius 2 is 1.64 bits per heavy atom. The Labute approximate surface area is 217 Å². The van der Waals surface area contributed by atoms with Gasteiger partial charge in [-0.05, 0) is 49.2 Å². The van der Waals surface area contributed by atoms with Gasteiger partial charge in [0.2, 0.25) is 0 Å². The van der Waals surface area contributed by atoms with Crippen molar-refractivity contribution in [2.24, 2.45) is 0 Å². The van der Waals surface area contributed by atoms with Crippen molar-refractivity contribution in [3.63, 3.8) is 0 Å². The highest BCUT2D eigenvalue weighted by Crippen LogP contribution is 2.37. The Balaban J connectivity index is 1.57. The lowest BCUT2D eigenvalue weighted by Gasteiger charge is -2.13. The second-order valence-corrected chi connectivity index (χ2v) is 10.3. The quantitative estimate of drug-likeness (QED) is 0.135. The van der Waals surface area contributed by atoms with E-state index in [9.17, 15) is 9.59 Å². The number of nitrogens with zero attached hydrogens (tertiary/aromatic N) is 2. The lowest BCUT2D eigenvalue weighted by atomic mass is 10.0. The molecule has 0 aliphatic rings. The van der Waals surface area contributed by atoms with Gasteiger partial charge in [0.1, 0.15) is 4.83 Å². The number of hydrogen-bond acceptors (Lipinski definition) is 6. The SMILES string of the molecule is CCOC(=O)c1ccc(CSc2nc3sc(C)c(-c4ccccc4)c3c(=O)n2-c2ccccc2)cc1. The number of aryl methyl sites for hydroxylation is 1. The summed E-state index contributed by atoms with van der Waals surface area (Å²) >= 11 is 3.05. The summed E-state index contributed by atoms with van der Waals surface area (Å²) < 4.78 is 6.78. The van der Waals surface area contributed by atoms with Crippen LogP contribution in [0.2, 0.25) is 0 Å². The highest BCUT2D eigenvalue weighted by atomic mass is 32.2. The van der Waals surface area contributed by atoms with Crippen LogP contribution in [-0.2, 0) is 10.5 Å². The zero-order chi connectivity index (χ0) is 25.1. The number of hydrogen-bond donors (Lipinski definition) is 0. The lowest BCUT2D eigenvalue weighted by molar-refractivity contribution is 0.0526. The molecule has 0 amide bonds. The second kappa shape index (κ2) is 10.5. The number of aromatic nitrogens is 2. The van der Waals surface area contributed by atoms with Gasteiger partial charge in [-0.2, -0.15) is 0 Å². The van der Waals surface area contributed by atoms with Crippen LogP contribution in [0, 0.1) is 6.92 Å². The van der Waals surface area contributed by atoms with E-state index in [2.05, 4.69) is 0 Å². The van der Waals surface area contributed by atoms with Gasteiger partial charge in [-0.1, -0.05) is 72.4 Å². The van der Waals surface area contributed by atoms with E-state index in [1.54, 1.807) is 35.0 Å². The molecule has 0 fully saturated rings. The van der Waals surface area contributed by atoms with Crippen molar-refractivity contribution in [1.29, 1.82) is 0 Å². The number of thiophene rings is 1. The Bertz CT molecular complexity index is 1570. The predicted octanol–water partition coefficient (Wildman–Crippen LogP) is 6.89. The molecule has 0 aliphatic carbocycles. The second-order valence-electron chi connectivity index (χ2n) is 8.16. The molecule has 2 aromatic heterocycles. The first-order chi connectivity index (χ1) is 17.6. The van der Waals surface area contributed by atoms with Crippen LogP contribution >= 0.6 is 23.1 Å². The molecule has 5 nitrogen and oxygen atoms in total. The Kier molecular flexibility index (Phi) is 7.02. The fourth-order valence-electron chi connectivity index (χ4n) is 4.10. The lowest BCUT2D eigenvalue weighted by Crippen LogP contribution is -2.21. The number of carbonyl (C=O) groups is 1. The molecule has 0 bridgehead atoms. The van der Waals surface area contributed by atoms with Gasteiger partial charge in [0.25, 0.3) is 5.56 Å². The zero-order valence-corrected chi connectivity index (χ0v) is 21.6. The first-order valence-electron chi connectivity index (χ1n) is 11.6. The molecular formula is C29H24N2O3S2. The number of esters is 1. The van der Waals surface area contributed by atoms with Crippen LogP contribution in [0.5, 0.6) is 0 Å². The molecule has 0 saturated heterocycles. The van der Waals surface area contributed by atoms with Gasteiger partial charge in [-0.25, -0.2) is 9.78 Å². The minimum Gasteiger partial charge on any atom is -0.462 e. The number of ether oxygens (including phenoxy) is 1. The Morgan fingerprint density at radius 3 is 2.31 bits per heavy atom. The molecule has 180 valence electrons. The standard InChI is InChI=1S/C29H24N2O3S2/c1-3-34-28(33)22-16-14-20(15-17-22)18-35-29-30-26-25(27(32)31(29)23-12-8-5-9-13-23)24(19(2)36-26)21-10-6-4-7-11-21/h4-17H,3,18H2,1-2H3. The fourth-order valence-corrected chi connectivity index (χ4v) is 6.15. The molecule has 0 radical (unpaired) electrons. The molecule has 0 N–H and O–H groups in total. The van der Waals surface area contributed by atoms with Crippen molar-refractivity contribution in [2.45, 2.75) is 24.8 Å². The molecule has 0 aliphatic heterocycles. The van der Waals surface area contributed by atoms with E-state index in [0.29, 0.717) is 28.5 Å². The van der Waals surface area contributed by atoms with Crippen molar-refractivity contribution < 1.29 is 9.53 Å². The van der Waals surface area contributed by atoms with Crippen molar-refractivity contribution in [2.75, 3.05) is 6.61 Å². The van der Waals surface area contributed by atoms with Crippen molar-refractivity contribution in [3.8, 4) is 16.8 Å². The van der Waals surface area contributed by atoms with Crippen LogP contribution in [-0.4, -0.2) is 22.1 Å². The molecule has 36 heavy (non-hydrogen) atoms. The van der Waals surface area contributed by atoms with E-state index >= 15 is 0 Å². The van der Waals surface area contributed by atoms with Gasteiger partial charge >= 0.3 is 5.97 Å². The van der Waals surface area contributed by atoms with Gasteiger partial charge < -0.3 is 4.74 Å². The van der Waals surface area contributed by atoms with Crippen molar-refractivity contribution in [1.82, 2.24) is 9.55 Å². The molecule has 2 heterocycles. The predicted molar refractivity (Wildman–Crippen MR) is 147 cm³/mol. The van der Waals surface area contributed by atoms with Crippen LogP contribution < -0.4 is 5.56 Å². The number of benzene rings is 3. The van der Waals surface area contributed by atoms with E-state index in [4.69, 9.17) is 9.72 Å². The maximum Gasteiger partial charge on any atom is 0.338 e. The number of carbonyl (C=O) groups excluding carboxylic acids is 1. The van der Waals surface area contributed by atoms with E-state index in [0.717, 1.165) is 32.1 Å². The highest BCUT2D eigenvalue weighted by Gasteiger charge is 2.21. The molecule has 0 saturated carbocycles. The van der Waals surface area contributed by atoms with Gasteiger partial charge in [-0.3, -0.25) is 9.36 Å². The third kappa shape index (κ3) is 4.72. The molecule has 7 heteroatoms. The van der Waals surface area contributed by atoms with Crippen molar-refractivity contribution >= 4 is 39.3 Å². The maximum atomic E-state index is 14.0. The third-order valence-corrected chi connectivity index (χ3v) is 7.79. The van der Waals surface area contributed by atoms with Gasteiger partial charge in [0.15, 0.2) is 5.16 Å². The summed E-state index contributed by atoms with van der Waals surface area (Å²) in [7, 11) is 0. The van der Waals surface area contributed by atoms with Crippen molar-refractivity contribution in [3.05, 3.63) is 111 Å². The smallest absolute Gasteiger partial charge is 0.338 e. The van der Waals surface area contributed by atoms with Gasteiger partial charge in [-0.15, -0.1) is 11.3 Å². The number of rotatable bonds is 7. The summed E-state index contributed by atoms with van der Waals surface area (Å²) in [6, 6.07) is 27.0. The summed E-state index contributed by atoms with van der Waals surface area (Å²) in [6.45, 7) is 4.17. The topological polar surface area (TPSA) is 61.2 Å².